The molecule has 156 valence electrons. The van der Waals surface area contributed by atoms with Crippen molar-refractivity contribution in [2.75, 3.05) is 13.2 Å². The molecule has 0 radical (unpaired) electrons. The number of hydrogen-bond donors (Lipinski definition) is 2. The second-order valence-corrected chi connectivity index (χ2v) is 8.54. The molecule has 0 spiro atoms. The third-order valence-electron chi connectivity index (χ3n) is 4.77. The summed E-state index contributed by atoms with van der Waals surface area (Å²) in [4.78, 5) is 7.47. The molecule has 3 rings (SSSR count). The summed E-state index contributed by atoms with van der Waals surface area (Å²) in [5, 5.41) is 15.3. The average molecular weight is 518 g/mol. The zero-order chi connectivity index (χ0) is 19.2. The van der Waals surface area contributed by atoms with Crippen molar-refractivity contribution in [1.29, 1.82) is 0 Å². The third kappa shape index (κ3) is 6.70. The van der Waals surface area contributed by atoms with E-state index in [0.717, 1.165) is 50.0 Å². The van der Waals surface area contributed by atoms with Crippen molar-refractivity contribution in [1.82, 2.24) is 25.4 Å². The molecule has 1 aliphatic rings. The highest BCUT2D eigenvalue weighted by molar-refractivity contribution is 14.0. The first-order valence-electron chi connectivity index (χ1n) is 9.58. The Bertz CT molecular complexity index is 768. The van der Waals surface area contributed by atoms with Crippen molar-refractivity contribution in [3.05, 3.63) is 33.5 Å². The van der Waals surface area contributed by atoms with E-state index in [1.54, 1.807) is 0 Å². The van der Waals surface area contributed by atoms with Gasteiger partial charge >= 0.3 is 0 Å². The highest BCUT2D eigenvalue weighted by Gasteiger charge is 2.16. The van der Waals surface area contributed by atoms with Crippen molar-refractivity contribution < 1.29 is 4.74 Å². The Morgan fingerprint density at radius 1 is 1.39 bits per heavy atom. The van der Waals surface area contributed by atoms with E-state index in [-0.39, 0.29) is 36.1 Å². The molecule has 2 atom stereocenters. The maximum Gasteiger partial charge on any atom is 0.192 e. The van der Waals surface area contributed by atoms with Crippen molar-refractivity contribution in [3.8, 4) is 0 Å². The Morgan fingerprint density at radius 3 is 2.82 bits per heavy atom. The fourth-order valence-corrected chi connectivity index (χ4v) is 4.11. The number of rotatable bonds is 7. The number of ether oxygens (including phenoxy) is 1. The Morgan fingerprint density at radius 2 is 2.21 bits per heavy atom. The van der Waals surface area contributed by atoms with E-state index in [1.165, 1.54) is 9.75 Å². The maximum absolute atomic E-state index is 5.72. The fourth-order valence-electron chi connectivity index (χ4n) is 3.09. The van der Waals surface area contributed by atoms with Gasteiger partial charge in [-0.05, 0) is 45.7 Å². The lowest BCUT2D eigenvalue weighted by atomic mass is 10.2. The molecule has 0 saturated carbocycles. The lowest BCUT2D eigenvalue weighted by Gasteiger charge is -2.19. The molecular weight excluding hydrogens is 487 g/mol. The Balaban J connectivity index is 0.00000280. The molecule has 2 N–H and O–H groups in total. The fraction of sp³-hybridized carbons (Fsp3) is 0.632. The Labute approximate surface area is 188 Å². The number of thiophene rings is 1. The zero-order valence-corrected chi connectivity index (χ0v) is 20.2. The number of halogens is 1. The van der Waals surface area contributed by atoms with E-state index in [2.05, 4.69) is 46.8 Å². The molecule has 1 fully saturated rings. The maximum atomic E-state index is 5.72. The molecule has 0 amide bonds. The lowest BCUT2D eigenvalue weighted by Crippen LogP contribution is -2.45. The summed E-state index contributed by atoms with van der Waals surface area (Å²) in [5.41, 5.74) is 0. The molecule has 0 bridgehead atoms. The quantitative estimate of drug-likeness (QED) is 0.335. The zero-order valence-electron chi connectivity index (χ0n) is 17.1. The predicted octanol–water partition coefficient (Wildman–Crippen LogP) is 2.96. The van der Waals surface area contributed by atoms with Crippen molar-refractivity contribution >= 4 is 41.3 Å². The summed E-state index contributed by atoms with van der Waals surface area (Å²) in [6.45, 7) is 8.40. The second kappa shape index (κ2) is 11.1. The number of guanidine groups is 1. The van der Waals surface area contributed by atoms with Crippen molar-refractivity contribution in [2.24, 2.45) is 12.0 Å². The van der Waals surface area contributed by atoms with Crippen LogP contribution in [-0.4, -0.2) is 46.0 Å². The minimum absolute atomic E-state index is 0. The summed E-state index contributed by atoms with van der Waals surface area (Å²) >= 11 is 1.85. The molecule has 0 aromatic carbocycles. The average Bonchev–Trinajstić information content (AvgIpc) is 3.36. The van der Waals surface area contributed by atoms with Crippen LogP contribution in [0.3, 0.4) is 0 Å². The number of aliphatic imine (C=N–C) groups is 1. The van der Waals surface area contributed by atoms with Gasteiger partial charge in [0.15, 0.2) is 11.8 Å². The van der Waals surface area contributed by atoms with Crippen molar-refractivity contribution in [2.45, 2.75) is 58.7 Å². The van der Waals surface area contributed by atoms with Gasteiger partial charge in [-0.2, -0.15) is 0 Å². The number of hydrogen-bond acceptors (Lipinski definition) is 5. The summed E-state index contributed by atoms with van der Waals surface area (Å²) in [5.74, 6) is 2.54. The normalized spacial score (nSPS) is 18.0. The molecular formula is C19H31IN6OS. The van der Waals surface area contributed by atoms with Crippen LogP contribution in [0.25, 0.3) is 0 Å². The van der Waals surface area contributed by atoms with E-state index in [4.69, 9.17) is 9.73 Å². The highest BCUT2D eigenvalue weighted by Crippen LogP contribution is 2.16. The smallest absolute Gasteiger partial charge is 0.192 e. The van der Waals surface area contributed by atoms with Crippen molar-refractivity contribution in [3.63, 3.8) is 0 Å². The number of nitrogens with zero attached hydrogens (tertiary/aromatic N) is 4. The number of aryl methyl sites for hydroxylation is 2. The van der Waals surface area contributed by atoms with Gasteiger partial charge in [0, 0.05) is 42.4 Å². The molecule has 2 aromatic heterocycles. The number of nitrogens with one attached hydrogen (secondary N) is 2. The monoisotopic (exact) mass is 518 g/mol. The van der Waals surface area contributed by atoms with E-state index in [9.17, 15) is 0 Å². The summed E-state index contributed by atoms with van der Waals surface area (Å²) < 4.78 is 7.69. The molecule has 1 saturated heterocycles. The van der Waals surface area contributed by atoms with Crippen LogP contribution in [0.4, 0.5) is 0 Å². The summed E-state index contributed by atoms with van der Waals surface area (Å²) in [6, 6.07) is 4.66. The molecule has 3 heterocycles. The van der Waals surface area contributed by atoms with Gasteiger partial charge in [-0.1, -0.05) is 0 Å². The van der Waals surface area contributed by atoms with E-state index >= 15 is 0 Å². The second-order valence-electron chi connectivity index (χ2n) is 7.17. The minimum atomic E-state index is 0. The van der Waals surface area contributed by atoms with Crippen LogP contribution >= 0.6 is 35.3 Å². The molecule has 28 heavy (non-hydrogen) atoms. The van der Waals surface area contributed by atoms with Gasteiger partial charge < -0.3 is 19.9 Å². The van der Waals surface area contributed by atoms with Gasteiger partial charge in [-0.25, -0.2) is 4.99 Å². The predicted molar refractivity (Wildman–Crippen MR) is 125 cm³/mol. The van der Waals surface area contributed by atoms with Gasteiger partial charge in [0.2, 0.25) is 0 Å². The molecule has 7 nitrogen and oxygen atoms in total. The largest absolute Gasteiger partial charge is 0.376 e. The first kappa shape index (κ1) is 23.1. The molecule has 2 aromatic rings. The number of aromatic nitrogens is 3. The topological polar surface area (TPSA) is 76.4 Å². The Hall–Kier alpha value is -1.20. The van der Waals surface area contributed by atoms with Crippen LogP contribution in [0.15, 0.2) is 17.1 Å². The summed E-state index contributed by atoms with van der Waals surface area (Å²) in [6.07, 6.45) is 3.48. The highest BCUT2D eigenvalue weighted by atomic mass is 127. The van der Waals surface area contributed by atoms with Gasteiger partial charge in [0.05, 0.1) is 6.10 Å². The van der Waals surface area contributed by atoms with Crippen LogP contribution in [-0.2, 0) is 24.8 Å². The Kier molecular flexibility index (Phi) is 9.16. The van der Waals surface area contributed by atoms with Crippen LogP contribution < -0.4 is 10.6 Å². The van der Waals surface area contributed by atoms with Crippen LogP contribution in [0.1, 0.15) is 41.2 Å². The first-order valence-corrected chi connectivity index (χ1v) is 10.4. The van der Waals surface area contributed by atoms with Gasteiger partial charge in [0.25, 0.3) is 0 Å². The van der Waals surface area contributed by atoms with Gasteiger partial charge in [-0.15, -0.1) is 45.5 Å². The SMILES string of the molecule is Cc1ccc(CC(C)NC(=NCc2nnc(C)n2C)NCC2CCCO2)s1.I. The van der Waals surface area contributed by atoms with E-state index in [1.807, 2.05) is 29.9 Å². The minimum Gasteiger partial charge on any atom is -0.376 e. The van der Waals surface area contributed by atoms with E-state index < -0.39 is 0 Å². The van der Waals surface area contributed by atoms with Crippen LogP contribution in [0.5, 0.6) is 0 Å². The lowest BCUT2D eigenvalue weighted by molar-refractivity contribution is 0.113. The van der Waals surface area contributed by atoms with Crippen LogP contribution in [0.2, 0.25) is 0 Å². The van der Waals surface area contributed by atoms with Gasteiger partial charge in [0.1, 0.15) is 12.4 Å². The third-order valence-corrected chi connectivity index (χ3v) is 5.79. The molecule has 2 unspecified atom stereocenters. The van der Waals surface area contributed by atoms with Gasteiger partial charge in [-0.3, -0.25) is 0 Å². The summed E-state index contributed by atoms with van der Waals surface area (Å²) in [7, 11) is 1.97. The van der Waals surface area contributed by atoms with Crippen LogP contribution in [0, 0.1) is 13.8 Å². The molecule has 0 aliphatic carbocycles. The first-order chi connectivity index (χ1) is 13.0. The van der Waals surface area contributed by atoms with E-state index in [0.29, 0.717) is 6.54 Å². The standard InChI is InChI=1S/C19H30N6OS.HI/c1-13(10-17-8-7-14(2)27-17)22-19(20-11-16-6-5-9-26-16)21-12-18-24-23-15(3)25(18)4;/h7-8,13,16H,5-6,9-12H2,1-4H3,(H2,20,21,22);1H. The molecule has 1 aliphatic heterocycles. The molecule has 9 heteroatoms.